The minimum atomic E-state index is -4.45. The zero-order valence-corrected chi connectivity index (χ0v) is 14.2. The van der Waals surface area contributed by atoms with Crippen molar-refractivity contribution >= 4 is 17.4 Å². The number of carbonyl (C=O) groups excluding carboxylic acids is 1. The standard InChI is InChI=1S/C17H17F3N4O3/c18-17(19,20)11-27-15-4-1-12(9-22-15)16(25)23-13-2-3-14(21-10-13)24-5-7-26-8-6-24/h1-4,9-10H,5-8,11H2,(H,23,25). The summed E-state index contributed by atoms with van der Waals surface area (Å²) in [4.78, 5) is 22.3. The molecule has 3 rings (SSSR count). The number of amides is 1. The number of nitrogens with one attached hydrogen (secondary N) is 1. The highest BCUT2D eigenvalue weighted by atomic mass is 19.4. The van der Waals surface area contributed by atoms with Gasteiger partial charge in [0.05, 0.1) is 30.7 Å². The third kappa shape index (κ3) is 5.55. The van der Waals surface area contributed by atoms with Crippen molar-refractivity contribution in [3.8, 4) is 5.88 Å². The molecule has 0 unspecified atom stereocenters. The Hall–Kier alpha value is -2.88. The van der Waals surface area contributed by atoms with Crippen LogP contribution in [0.25, 0.3) is 0 Å². The first-order valence-electron chi connectivity index (χ1n) is 8.16. The Morgan fingerprint density at radius 2 is 1.93 bits per heavy atom. The van der Waals surface area contributed by atoms with E-state index in [0.717, 1.165) is 25.1 Å². The largest absolute Gasteiger partial charge is 0.468 e. The van der Waals surface area contributed by atoms with Gasteiger partial charge in [-0.15, -0.1) is 0 Å². The third-order valence-electron chi connectivity index (χ3n) is 3.72. The van der Waals surface area contributed by atoms with E-state index >= 15 is 0 Å². The van der Waals surface area contributed by atoms with Gasteiger partial charge in [-0.3, -0.25) is 4.79 Å². The molecular weight excluding hydrogens is 365 g/mol. The minimum absolute atomic E-state index is 0.187. The molecule has 0 bridgehead atoms. The molecule has 1 saturated heterocycles. The molecule has 1 N–H and O–H groups in total. The second-order valence-corrected chi connectivity index (χ2v) is 5.75. The van der Waals surface area contributed by atoms with Crippen LogP contribution in [0.15, 0.2) is 36.7 Å². The first-order valence-corrected chi connectivity index (χ1v) is 8.16. The second-order valence-electron chi connectivity index (χ2n) is 5.75. The van der Waals surface area contributed by atoms with Gasteiger partial charge in [-0.25, -0.2) is 9.97 Å². The van der Waals surface area contributed by atoms with Crippen LogP contribution in [0.4, 0.5) is 24.7 Å². The molecule has 144 valence electrons. The highest BCUT2D eigenvalue weighted by Gasteiger charge is 2.28. The number of ether oxygens (including phenoxy) is 2. The fourth-order valence-electron chi connectivity index (χ4n) is 2.40. The fourth-order valence-corrected chi connectivity index (χ4v) is 2.40. The maximum Gasteiger partial charge on any atom is 0.422 e. The summed E-state index contributed by atoms with van der Waals surface area (Å²) in [6, 6.07) is 6.07. The van der Waals surface area contributed by atoms with Crippen LogP contribution < -0.4 is 15.0 Å². The lowest BCUT2D eigenvalue weighted by Crippen LogP contribution is -2.36. The third-order valence-corrected chi connectivity index (χ3v) is 3.72. The van der Waals surface area contributed by atoms with E-state index in [-0.39, 0.29) is 11.4 Å². The molecule has 3 heterocycles. The van der Waals surface area contributed by atoms with Crippen LogP contribution in [0.5, 0.6) is 5.88 Å². The van der Waals surface area contributed by atoms with E-state index in [1.54, 1.807) is 12.1 Å². The summed E-state index contributed by atoms with van der Waals surface area (Å²) in [5.74, 6) is 0.135. The number of anilines is 2. The molecule has 2 aromatic rings. The van der Waals surface area contributed by atoms with Gasteiger partial charge >= 0.3 is 6.18 Å². The van der Waals surface area contributed by atoms with Crippen LogP contribution >= 0.6 is 0 Å². The normalized spacial score (nSPS) is 14.7. The van der Waals surface area contributed by atoms with Crippen LogP contribution in [0.1, 0.15) is 10.4 Å². The maximum atomic E-state index is 12.2. The molecule has 0 saturated carbocycles. The molecular formula is C17H17F3N4O3. The van der Waals surface area contributed by atoms with Gasteiger partial charge in [0.1, 0.15) is 5.82 Å². The summed E-state index contributed by atoms with van der Waals surface area (Å²) in [5.41, 5.74) is 0.682. The van der Waals surface area contributed by atoms with Gasteiger partial charge in [0.25, 0.3) is 5.91 Å². The van der Waals surface area contributed by atoms with Crippen LogP contribution in [-0.4, -0.2) is 55.0 Å². The van der Waals surface area contributed by atoms with Crippen LogP contribution in [-0.2, 0) is 4.74 Å². The molecule has 1 aliphatic rings. The highest BCUT2D eigenvalue weighted by Crippen LogP contribution is 2.18. The van der Waals surface area contributed by atoms with Crippen molar-refractivity contribution in [2.45, 2.75) is 6.18 Å². The molecule has 0 aliphatic carbocycles. The van der Waals surface area contributed by atoms with Crippen molar-refractivity contribution in [1.82, 2.24) is 9.97 Å². The van der Waals surface area contributed by atoms with Crippen LogP contribution in [0.2, 0.25) is 0 Å². The molecule has 2 aromatic heterocycles. The van der Waals surface area contributed by atoms with Gasteiger partial charge in [0.15, 0.2) is 6.61 Å². The number of carbonyl (C=O) groups is 1. The summed E-state index contributed by atoms with van der Waals surface area (Å²) >= 11 is 0. The van der Waals surface area contributed by atoms with Crippen molar-refractivity contribution in [3.05, 3.63) is 42.2 Å². The molecule has 27 heavy (non-hydrogen) atoms. The van der Waals surface area contributed by atoms with Crippen LogP contribution in [0, 0.1) is 0 Å². The number of morpholine rings is 1. The molecule has 0 radical (unpaired) electrons. The lowest BCUT2D eigenvalue weighted by Gasteiger charge is -2.27. The van der Waals surface area contributed by atoms with E-state index < -0.39 is 18.7 Å². The Morgan fingerprint density at radius 3 is 2.52 bits per heavy atom. The van der Waals surface area contributed by atoms with Crippen LogP contribution in [0.3, 0.4) is 0 Å². The smallest absolute Gasteiger partial charge is 0.422 e. The average Bonchev–Trinajstić information content (AvgIpc) is 2.67. The average molecular weight is 382 g/mol. The lowest BCUT2D eigenvalue weighted by atomic mass is 10.2. The van der Waals surface area contributed by atoms with Crippen molar-refractivity contribution in [2.24, 2.45) is 0 Å². The summed E-state index contributed by atoms with van der Waals surface area (Å²) in [6.07, 6.45) is -1.76. The summed E-state index contributed by atoms with van der Waals surface area (Å²) < 4.78 is 46.1. The van der Waals surface area contributed by atoms with Crippen molar-refractivity contribution < 1.29 is 27.4 Å². The van der Waals surface area contributed by atoms with Gasteiger partial charge in [0.2, 0.25) is 5.88 Å². The monoisotopic (exact) mass is 382 g/mol. The zero-order valence-electron chi connectivity index (χ0n) is 14.2. The predicted molar refractivity (Wildman–Crippen MR) is 91.0 cm³/mol. The van der Waals surface area contributed by atoms with Crippen molar-refractivity contribution in [3.63, 3.8) is 0 Å². The molecule has 10 heteroatoms. The SMILES string of the molecule is O=C(Nc1ccc(N2CCOCC2)nc1)c1ccc(OCC(F)(F)F)nc1. The van der Waals surface area contributed by atoms with E-state index in [1.807, 2.05) is 0 Å². The van der Waals surface area contributed by atoms with Gasteiger partial charge in [-0.05, 0) is 18.2 Å². The van der Waals surface area contributed by atoms with Crippen molar-refractivity contribution in [2.75, 3.05) is 43.1 Å². The van der Waals surface area contributed by atoms with E-state index in [2.05, 4.69) is 24.9 Å². The van der Waals surface area contributed by atoms with Gasteiger partial charge in [-0.2, -0.15) is 13.2 Å². The Balaban J connectivity index is 1.56. The van der Waals surface area contributed by atoms with Crippen molar-refractivity contribution in [1.29, 1.82) is 0 Å². The molecule has 1 amide bonds. The molecule has 7 nitrogen and oxygen atoms in total. The van der Waals surface area contributed by atoms with Gasteiger partial charge in [-0.1, -0.05) is 0 Å². The van der Waals surface area contributed by atoms with E-state index in [0.29, 0.717) is 18.9 Å². The number of rotatable bonds is 5. The second kappa shape index (κ2) is 8.21. The highest BCUT2D eigenvalue weighted by molar-refractivity contribution is 6.04. The molecule has 0 spiro atoms. The number of alkyl halides is 3. The number of hydrogen-bond acceptors (Lipinski definition) is 6. The quantitative estimate of drug-likeness (QED) is 0.856. The number of hydrogen-bond donors (Lipinski definition) is 1. The van der Waals surface area contributed by atoms with E-state index in [1.165, 1.54) is 18.3 Å². The Kier molecular flexibility index (Phi) is 5.75. The first kappa shape index (κ1) is 18.9. The molecule has 0 atom stereocenters. The summed E-state index contributed by atoms with van der Waals surface area (Å²) in [5, 5.41) is 2.66. The number of nitrogens with zero attached hydrogens (tertiary/aromatic N) is 3. The maximum absolute atomic E-state index is 12.2. The molecule has 1 fully saturated rings. The topological polar surface area (TPSA) is 76.6 Å². The number of aromatic nitrogens is 2. The van der Waals surface area contributed by atoms with Gasteiger partial charge < -0.3 is 19.7 Å². The Labute approximate surface area is 153 Å². The number of halogens is 3. The predicted octanol–water partition coefficient (Wildman–Crippen LogP) is 2.51. The Bertz CT molecular complexity index is 760. The van der Waals surface area contributed by atoms with E-state index in [4.69, 9.17) is 4.74 Å². The van der Waals surface area contributed by atoms with E-state index in [9.17, 15) is 18.0 Å². The fraction of sp³-hybridized carbons (Fsp3) is 0.353. The Morgan fingerprint density at radius 1 is 1.15 bits per heavy atom. The zero-order chi connectivity index (χ0) is 19.3. The molecule has 0 aromatic carbocycles. The summed E-state index contributed by atoms with van der Waals surface area (Å²) in [6.45, 7) is 1.37. The van der Waals surface area contributed by atoms with Gasteiger partial charge in [0, 0.05) is 25.4 Å². The summed E-state index contributed by atoms with van der Waals surface area (Å²) in [7, 11) is 0. The molecule has 1 aliphatic heterocycles. The number of pyridine rings is 2. The first-order chi connectivity index (χ1) is 12.9. The lowest BCUT2D eigenvalue weighted by molar-refractivity contribution is -0.154. The minimum Gasteiger partial charge on any atom is -0.468 e.